The first-order chi connectivity index (χ1) is 11.0. The maximum atomic E-state index is 13.6. The van der Waals surface area contributed by atoms with E-state index in [1.165, 1.54) is 18.3 Å². The van der Waals surface area contributed by atoms with Crippen molar-refractivity contribution in [1.29, 1.82) is 0 Å². The first kappa shape index (κ1) is 14.4. The smallest absolute Gasteiger partial charge is 0.315 e. The van der Waals surface area contributed by atoms with Gasteiger partial charge in [0, 0.05) is 12.3 Å². The van der Waals surface area contributed by atoms with Gasteiger partial charge >= 0.3 is 5.69 Å². The molecule has 0 fully saturated rings. The SMILES string of the molecule is O=[N+]([O-])c1cc(-c2nc(-c3cccnc3F)no2)cc(O)c1O. The Morgan fingerprint density at radius 3 is 2.78 bits per heavy atom. The molecule has 3 aromatic rings. The van der Waals surface area contributed by atoms with E-state index in [1.807, 2.05) is 0 Å². The summed E-state index contributed by atoms with van der Waals surface area (Å²) in [5.41, 5.74) is -0.748. The molecule has 0 spiro atoms. The minimum atomic E-state index is -0.878. The van der Waals surface area contributed by atoms with Crippen LogP contribution in [0.15, 0.2) is 35.0 Å². The molecular formula is C13H7FN4O5. The fourth-order valence-electron chi connectivity index (χ4n) is 1.87. The minimum Gasteiger partial charge on any atom is -0.504 e. The van der Waals surface area contributed by atoms with Crippen LogP contribution in [0, 0.1) is 16.1 Å². The number of hydrogen-bond donors (Lipinski definition) is 2. The predicted molar refractivity (Wildman–Crippen MR) is 72.9 cm³/mol. The summed E-state index contributed by atoms with van der Waals surface area (Å²) in [5.74, 6) is -2.71. The Morgan fingerprint density at radius 2 is 2.09 bits per heavy atom. The zero-order valence-corrected chi connectivity index (χ0v) is 11.2. The summed E-state index contributed by atoms with van der Waals surface area (Å²) in [4.78, 5) is 17.3. The molecule has 0 bridgehead atoms. The van der Waals surface area contributed by atoms with Gasteiger partial charge < -0.3 is 14.7 Å². The lowest BCUT2D eigenvalue weighted by Gasteiger charge is -2.01. The van der Waals surface area contributed by atoms with Gasteiger partial charge in [0.25, 0.3) is 5.89 Å². The zero-order valence-electron chi connectivity index (χ0n) is 11.2. The van der Waals surface area contributed by atoms with E-state index in [1.54, 1.807) is 0 Å². The molecule has 0 saturated carbocycles. The van der Waals surface area contributed by atoms with E-state index < -0.39 is 28.1 Å². The molecule has 2 heterocycles. The van der Waals surface area contributed by atoms with E-state index in [9.17, 15) is 24.7 Å². The van der Waals surface area contributed by atoms with E-state index in [-0.39, 0.29) is 22.8 Å². The van der Waals surface area contributed by atoms with Crippen molar-refractivity contribution in [2.75, 3.05) is 0 Å². The van der Waals surface area contributed by atoms with Crippen molar-refractivity contribution in [1.82, 2.24) is 15.1 Å². The van der Waals surface area contributed by atoms with Crippen LogP contribution in [-0.4, -0.2) is 30.3 Å². The topological polar surface area (TPSA) is 135 Å². The number of rotatable bonds is 3. The monoisotopic (exact) mass is 318 g/mol. The summed E-state index contributed by atoms with van der Waals surface area (Å²) in [6, 6.07) is 4.82. The molecule has 3 rings (SSSR count). The van der Waals surface area contributed by atoms with Crippen LogP contribution >= 0.6 is 0 Å². The van der Waals surface area contributed by atoms with E-state index >= 15 is 0 Å². The molecule has 0 aliphatic heterocycles. The second-order valence-electron chi connectivity index (χ2n) is 4.39. The highest BCUT2D eigenvalue weighted by atomic mass is 19.1. The molecule has 116 valence electrons. The van der Waals surface area contributed by atoms with Crippen molar-refractivity contribution in [3.8, 4) is 34.3 Å². The number of aromatic nitrogens is 3. The summed E-state index contributed by atoms with van der Waals surface area (Å²) in [6.45, 7) is 0. The Hall–Kier alpha value is -3.56. The molecule has 0 aliphatic carbocycles. The van der Waals surface area contributed by atoms with E-state index in [0.29, 0.717) is 0 Å². The fourth-order valence-corrected chi connectivity index (χ4v) is 1.87. The number of halogens is 1. The highest BCUT2D eigenvalue weighted by Gasteiger charge is 2.22. The molecule has 0 aliphatic rings. The molecule has 0 radical (unpaired) electrons. The van der Waals surface area contributed by atoms with Crippen molar-refractivity contribution < 1.29 is 24.0 Å². The van der Waals surface area contributed by atoms with E-state index in [2.05, 4.69) is 15.1 Å². The summed E-state index contributed by atoms with van der Waals surface area (Å²) in [5, 5.41) is 33.4. The molecule has 0 atom stereocenters. The predicted octanol–water partition coefficient (Wildman–Crippen LogP) is 2.26. The van der Waals surface area contributed by atoms with E-state index in [0.717, 1.165) is 12.1 Å². The number of benzene rings is 1. The lowest BCUT2D eigenvalue weighted by atomic mass is 10.1. The lowest BCUT2D eigenvalue weighted by Crippen LogP contribution is -1.91. The molecule has 2 N–H and O–H groups in total. The van der Waals surface area contributed by atoms with Crippen LogP contribution < -0.4 is 0 Å². The second-order valence-corrected chi connectivity index (χ2v) is 4.39. The molecule has 1 aromatic carbocycles. The Kier molecular flexibility index (Phi) is 3.33. The van der Waals surface area contributed by atoms with Crippen LogP contribution in [0.2, 0.25) is 0 Å². The number of nitrogens with zero attached hydrogens (tertiary/aromatic N) is 4. The largest absolute Gasteiger partial charge is 0.504 e. The molecular weight excluding hydrogens is 311 g/mol. The Balaban J connectivity index is 2.08. The van der Waals surface area contributed by atoms with Gasteiger partial charge in [-0.1, -0.05) is 5.16 Å². The first-order valence-corrected chi connectivity index (χ1v) is 6.12. The standard InChI is InChI=1S/C13H7FN4O5/c14-11-7(2-1-3-15-11)12-16-13(23-17-12)6-4-8(18(21)22)10(20)9(19)5-6/h1-5,19-20H. The lowest BCUT2D eigenvalue weighted by molar-refractivity contribution is -0.385. The Bertz CT molecular complexity index is 911. The van der Waals surface area contributed by atoms with Crippen LogP contribution in [0.4, 0.5) is 10.1 Å². The molecule has 9 nitrogen and oxygen atoms in total. The summed E-state index contributed by atoms with van der Waals surface area (Å²) in [7, 11) is 0. The van der Waals surface area contributed by atoms with Gasteiger partial charge in [0.05, 0.1) is 16.1 Å². The average Bonchev–Trinajstić information content (AvgIpc) is 2.99. The minimum absolute atomic E-state index is 0.00458. The first-order valence-electron chi connectivity index (χ1n) is 6.12. The maximum Gasteiger partial charge on any atom is 0.315 e. The normalized spacial score (nSPS) is 10.7. The summed E-state index contributed by atoms with van der Waals surface area (Å²) < 4.78 is 18.5. The maximum absolute atomic E-state index is 13.6. The van der Waals surface area contributed by atoms with Gasteiger partial charge in [-0.3, -0.25) is 10.1 Å². The third-order valence-electron chi connectivity index (χ3n) is 2.94. The van der Waals surface area contributed by atoms with Crippen molar-refractivity contribution in [3.05, 3.63) is 46.5 Å². The van der Waals surface area contributed by atoms with Gasteiger partial charge in [0.15, 0.2) is 5.75 Å². The van der Waals surface area contributed by atoms with Crippen molar-refractivity contribution in [2.45, 2.75) is 0 Å². The number of nitro groups is 1. The molecule has 0 unspecified atom stereocenters. The van der Waals surface area contributed by atoms with Gasteiger partial charge in [-0.05, 0) is 18.2 Å². The summed E-state index contributed by atoms with van der Waals surface area (Å²) in [6.07, 6.45) is 1.25. The van der Waals surface area contributed by atoms with Gasteiger partial charge in [0.1, 0.15) is 0 Å². The highest BCUT2D eigenvalue weighted by molar-refractivity contribution is 5.68. The molecule has 2 aromatic heterocycles. The number of hydrogen-bond acceptors (Lipinski definition) is 8. The quantitative estimate of drug-likeness (QED) is 0.325. The Labute approximate surface area is 126 Å². The van der Waals surface area contributed by atoms with Crippen LogP contribution in [0.3, 0.4) is 0 Å². The zero-order chi connectivity index (χ0) is 16.6. The van der Waals surface area contributed by atoms with Crippen LogP contribution in [0.5, 0.6) is 11.5 Å². The van der Waals surface area contributed by atoms with Gasteiger partial charge in [-0.15, -0.1) is 0 Å². The number of nitro benzene ring substituents is 1. The van der Waals surface area contributed by atoms with Crippen LogP contribution in [-0.2, 0) is 0 Å². The molecule has 0 saturated heterocycles. The number of aromatic hydroxyl groups is 2. The number of pyridine rings is 1. The Morgan fingerprint density at radius 1 is 1.30 bits per heavy atom. The second kappa shape index (κ2) is 5.33. The van der Waals surface area contributed by atoms with Gasteiger partial charge in [-0.2, -0.15) is 9.37 Å². The van der Waals surface area contributed by atoms with Crippen LogP contribution in [0.25, 0.3) is 22.8 Å². The summed E-state index contributed by atoms with van der Waals surface area (Å²) >= 11 is 0. The molecule has 10 heteroatoms. The number of phenolic OH excluding ortho intramolecular Hbond substituents is 2. The molecule has 23 heavy (non-hydrogen) atoms. The third kappa shape index (κ3) is 2.52. The average molecular weight is 318 g/mol. The van der Waals surface area contributed by atoms with Crippen molar-refractivity contribution in [2.24, 2.45) is 0 Å². The fraction of sp³-hybridized carbons (Fsp3) is 0. The molecule has 0 amide bonds. The van der Waals surface area contributed by atoms with Crippen molar-refractivity contribution in [3.63, 3.8) is 0 Å². The van der Waals surface area contributed by atoms with E-state index in [4.69, 9.17) is 4.52 Å². The van der Waals surface area contributed by atoms with Crippen LogP contribution in [0.1, 0.15) is 0 Å². The third-order valence-corrected chi connectivity index (χ3v) is 2.94. The van der Waals surface area contributed by atoms with Crippen molar-refractivity contribution >= 4 is 5.69 Å². The highest BCUT2D eigenvalue weighted by Crippen LogP contribution is 2.39. The number of phenols is 2. The van der Waals surface area contributed by atoms with Gasteiger partial charge in [-0.25, -0.2) is 4.98 Å². The van der Waals surface area contributed by atoms with Gasteiger partial charge in [0.2, 0.25) is 17.5 Å².